The van der Waals surface area contributed by atoms with Gasteiger partial charge >= 0.3 is 0 Å². The minimum atomic E-state index is -0.702. The second-order valence-corrected chi connectivity index (χ2v) is 7.18. The highest BCUT2D eigenvalue weighted by atomic mass is 16.5. The van der Waals surface area contributed by atoms with E-state index in [0.29, 0.717) is 12.8 Å². The van der Waals surface area contributed by atoms with Crippen LogP contribution in [-0.2, 0) is 22.4 Å². The van der Waals surface area contributed by atoms with Gasteiger partial charge in [0.25, 0.3) is 0 Å². The first-order chi connectivity index (χ1) is 13.7. The van der Waals surface area contributed by atoms with Gasteiger partial charge in [0, 0.05) is 31.7 Å². The first-order valence-corrected chi connectivity index (χ1v) is 10.1. The number of rotatable bonds is 8. The number of carbonyl (C=O) groups is 1. The molecule has 0 aliphatic carbocycles. The van der Waals surface area contributed by atoms with Gasteiger partial charge in [-0.15, -0.1) is 0 Å². The number of ether oxygens (including phenoxy) is 1. The maximum atomic E-state index is 12.1. The summed E-state index contributed by atoms with van der Waals surface area (Å²) in [6.07, 6.45) is 1.45. The summed E-state index contributed by atoms with van der Waals surface area (Å²) in [6, 6.07) is 16.3. The summed E-state index contributed by atoms with van der Waals surface area (Å²) < 4.78 is 5.37. The molecule has 1 unspecified atom stereocenters. The number of anilines is 1. The fraction of sp³-hybridized carbons (Fsp3) is 0.435. The highest BCUT2D eigenvalue weighted by Gasteiger charge is 2.13. The van der Waals surface area contributed by atoms with Crippen molar-refractivity contribution >= 4 is 11.6 Å². The van der Waals surface area contributed by atoms with Crippen LogP contribution < -0.4 is 10.2 Å². The van der Waals surface area contributed by atoms with Crippen LogP contribution in [0.25, 0.3) is 0 Å². The number of nitrogens with zero attached hydrogens (tertiary/aromatic N) is 1. The third kappa shape index (κ3) is 5.81. The molecule has 150 valence electrons. The molecular weight excluding hydrogens is 352 g/mol. The molecule has 1 atom stereocenters. The fourth-order valence-electron chi connectivity index (χ4n) is 3.35. The highest BCUT2D eigenvalue weighted by molar-refractivity contribution is 5.76. The number of hydrogen-bond acceptors (Lipinski definition) is 4. The number of carbonyl (C=O) groups excluding carboxylic acids is 1. The van der Waals surface area contributed by atoms with Gasteiger partial charge in [0.1, 0.15) is 0 Å². The van der Waals surface area contributed by atoms with Gasteiger partial charge in [0.2, 0.25) is 5.91 Å². The molecule has 3 rings (SSSR count). The van der Waals surface area contributed by atoms with Crippen molar-refractivity contribution in [2.24, 2.45) is 0 Å². The molecule has 1 amide bonds. The Morgan fingerprint density at radius 1 is 1.07 bits per heavy atom. The largest absolute Gasteiger partial charge is 0.387 e. The molecular formula is C23H30N2O3. The highest BCUT2D eigenvalue weighted by Crippen LogP contribution is 2.20. The first kappa shape index (κ1) is 20.4. The Morgan fingerprint density at radius 3 is 2.36 bits per heavy atom. The van der Waals surface area contributed by atoms with E-state index in [-0.39, 0.29) is 12.5 Å². The number of aryl methyl sites for hydroxylation is 2. The smallest absolute Gasteiger partial charge is 0.220 e. The predicted molar refractivity (Wildman–Crippen MR) is 112 cm³/mol. The number of benzene rings is 2. The number of amides is 1. The lowest BCUT2D eigenvalue weighted by Gasteiger charge is -2.29. The molecule has 0 saturated carbocycles. The van der Waals surface area contributed by atoms with Gasteiger partial charge in [0.15, 0.2) is 0 Å². The van der Waals surface area contributed by atoms with Gasteiger partial charge in [-0.3, -0.25) is 4.79 Å². The van der Waals surface area contributed by atoms with E-state index >= 15 is 0 Å². The van der Waals surface area contributed by atoms with Crippen LogP contribution in [0.5, 0.6) is 0 Å². The van der Waals surface area contributed by atoms with E-state index in [9.17, 15) is 9.90 Å². The zero-order valence-electron chi connectivity index (χ0n) is 16.6. The number of nitrogens with one attached hydrogen (secondary N) is 1. The maximum absolute atomic E-state index is 12.1. The number of aliphatic hydroxyl groups is 1. The topological polar surface area (TPSA) is 61.8 Å². The Bertz CT molecular complexity index is 737. The fourth-order valence-corrected chi connectivity index (χ4v) is 3.35. The summed E-state index contributed by atoms with van der Waals surface area (Å²) in [5, 5.41) is 13.2. The summed E-state index contributed by atoms with van der Waals surface area (Å²) in [4.78, 5) is 14.4. The van der Waals surface area contributed by atoms with E-state index in [0.717, 1.165) is 49.5 Å². The maximum Gasteiger partial charge on any atom is 0.220 e. The van der Waals surface area contributed by atoms with Crippen LogP contribution in [0, 0.1) is 0 Å². The summed E-state index contributed by atoms with van der Waals surface area (Å²) in [5.74, 6) is -0.0384. The second-order valence-electron chi connectivity index (χ2n) is 7.18. The summed E-state index contributed by atoms with van der Waals surface area (Å²) >= 11 is 0. The third-order valence-electron chi connectivity index (χ3n) is 5.22. The Hall–Kier alpha value is -2.37. The van der Waals surface area contributed by atoms with Gasteiger partial charge in [-0.05, 0) is 41.7 Å². The van der Waals surface area contributed by atoms with Crippen molar-refractivity contribution in [3.8, 4) is 0 Å². The number of morpholine rings is 1. The van der Waals surface area contributed by atoms with Crippen molar-refractivity contribution in [1.82, 2.24) is 5.32 Å². The van der Waals surface area contributed by atoms with Crippen LogP contribution in [0.4, 0.5) is 5.69 Å². The minimum absolute atomic E-state index is 0.0384. The molecule has 0 radical (unpaired) electrons. The Labute approximate surface area is 167 Å². The van der Waals surface area contributed by atoms with Gasteiger partial charge in [-0.25, -0.2) is 0 Å². The van der Waals surface area contributed by atoms with Crippen LogP contribution in [0.2, 0.25) is 0 Å². The average molecular weight is 383 g/mol. The van der Waals surface area contributed by atoms with E-state index in [1.54, 1.807) is 0 Å². The molecule has 1 heterocycles. The van der Waals surface area contributed by atoms with E-state index in [1.807, 2.05) is 24.3 Å². The molecule has 2 aromatic carbocycles. The Kier molecular flexibility index (Phi) is 7.46. The third-order valence-corrected chi connectivity index (χ3v) is 5.22. The molecule has 5 heteroatoms. The summed E-state index contributed by atoms with van der Waals surface area (Å²) in [5.41, 5.74) is 4.41. The summed E-state index contributed by atoms with van der Waals surface area (Å²) in [7, 11) is 0. The molecule has 0 spiro atoms. The van der Waals surface area contributed by atoms with Gasteiger partial charge in [0.05, 0.1) is 19.3 Å². The number of hydrogen-bond donors (Lipinski definition) is 2. The van der Waals surface area contributed by atoms with Crippen LogP contribution in [0.15, 0.2) is 48.5 Å². The molecule has 2 N–H and O–H groups in total. The second kappa shape index (κ2) is 10.2. The molecule has 1 fully saturated rings. The molecule has 0 aromatic heterocycles. The van der Waals surface area contributed by atoms with Gasteiger partial charge in [-0.2, -0.15) is 0 Å². The Morgan fingerprint density at radius 2 is 1.71 bits per heavy atom. The molecule has 28 heavy (non-hydrogen) atoms. The molecule has 1 saturated heterocycles. The van der Waals surface area contributed by atoms with Crippen LogP contribution in [0.3, 0.4) is 0 Å². The van der Waals surface area contributed by atoms with E-state index in [1.165, 1.54) is 5.56 Å². The van der Waals surface area contributed by atoms with Crippen LogP contribution in [-0.4, -0.2) is 43.9 Å². The zero-order valence-corrected chi connectivity index (χ0v) is 16.6. The van der Waals surface area contributed by atoms with Crippen molar-refractivity contribution < 1.29 is 14.6 Å². The SMILES string of the molecule is CCc1ccc(CCC(=O)NCC(O)c2ccc(N3CCOCC3)cc2)cc1. The average Bonchev–Trinajstić information content (AvgIpc) is 2.77. The molecule has 1 aliphatic heterocycles. The lowest BCUT2D eigenvalue weighted by molar-refractivity contribution is -0.121. The van der Waals surface area contributed by atoms with Crippen molar-refractivity contribution in [3.63, 3.8) is 0 Å². The lowest BCUT2D eigenvalue weighted by Crippen LogP contribution is -2.36. The molecule has 2 aromatic rings. The normalized spacial score (nSPS) is 15.3. The van der Waals surface area contributed by atoms with Crippen molar-refractivity contribution in [2.75, 3.05) is 37.7 Å². The molecule has 0 bridgehead atoms. The van der Waals surface area contributed by atoms with E-state index in [4.69, 9.17) is 4.74 Å². The lowest BCUT2D eigenvalue weighted by atomic mass is 10.1. The van der Waals surface area contributed by atoms with E-state index < -0.39 is 6.10 Å². The summed E-state index contributed by atoms with van der Waals surface area (Å²) in [6.45, 7) is 5.63. The number of aliphatic hydroxyl groups excluding tert-OH is 1. The van der Waals surface area contributed by atoms with Gasteiger partial charge < -0.3 is 20.1 Å². The standard InChI is InChI=1S/C23H30N2O3/c1-2-18-3-5-19(6-4-18)7-12-23(27)24-17-22(26)20-8-10-21(11-9-20)25-13-15-28-16-14-25/h3-6,8-11,22,26H,2,7,12-17H2,1H3,(H,24,27). The molecule has 5 nitrogen and oxygen atoms in total. The van der Waals surface area contributed by atoms with Crippen molar-refractivity contribution in [2.45, 2.75) is 32.3 Å². The quantitative estimate of drug-likeness (QED) is 0.737. The van der Waals surface area contributed by atoms with Gasteiger partial charge in [-0.1, -0.05) is 43.3 Å². The van der Waals surface area contributed by atoms with Crippen molar-refractivity contribution in [3.05, 3.63) is 65.2 Å². The molecule has 1 aliphatic rings. The van der Waals surface area contributed by atoms with Crippen molar-refractivity contribution in [1.29, 1.82) is 0 Å². The van der Waals surface area contributed by atoms with Crippen LogP contribution in [0.1, 0.15) is 36.1 Å². The van der Waals surface area contributed by atoms with E-state index in [2.05, 4.69) is 41.4 Å². The Balaban J connectivity index is 1.42. The zero-order chi connectivity index (χ0) is 19.8. The first-order valence-electron chi connectivity index (χ1n) is 10.1. The van der Waals surface area contributed by atoms with Crippen LogP contribution >= 0.6 is 0 Å². The predicted octanol–water partition coefficient (Wildman–Crippen LogP) is 2.87. The monoisotopic (exact) mass is 382 g/mol. The minimum Gasteiger partial charge on any atom is -0.387 e.